The maximum atomic E-state index is 13.5. The molecule has 0 aliphatic carbocycles. The smallest absolute Gasteiger partial charge is 0.255 e. The number of amides is 1. The molecular weight excluding hydrogens is 323 g/mol. The number of hydrogen-bond donors (Lipinski definition) is 3. The van der Waals surface area contributed by atoms with Crippen molar-refractivity contribution >= 4 is 40.5 Å². The summed E-state index contributed by atoms with van der Waals surface area (Å²) in [6.07, 6.45) is 0. The van der Waals surface area contributed by atoms with Gasteiger partial charge in [-0.2, -0.15) is 0 Å². The monoisotopic (exact) mass is 331 g/mol. The molecule has 0 saturated heterocycles. The molecule has 0 fully saturated rings. The number of nitrogens with two attached hydrogens (primary N) is 1. The first kappa shape index (κ1) is 15.5. The molecule has 0 spiro atoms. The number of carbonyl (C=O) groups excluding carboxylic acids is 1. The normalized spacial score (nSPS) is 10.3. The highest BCUT2D eigenvalue weighted by Gasteiger charge is 2.15. The molecule has 1 amide bonds. The Hall–Kier alpha value is -1.89. The van der Waals surface area contributed by atoms with Gasteiger partial charge in [0.2, 0.25) is 0 Å². The van der Waals surface area contributed by atoms with Crippen molar-refractivity contribution in [1.82, 2.24) is 0 Å². The first-order valence-electron chi connectivity index (χ1n) is 5.64. The first-order chi connectivity index (χ1) is 9.90. The van der Waals surface area contributed by atoms with Gasteiger partial charge in [-0.3, -0.25) is 10.6 Å². The summed E-state index contributed by atoms with van der Waals surface area (Å²) in [4.78, 5) is 12.0. The Morgan fingerprint density at radius 1 is 1.00 bits per heavy atom. The number of anilines is 2. The predicted octanol–water partition coefficient (Wildman–Crippen LogP) is 3.81. The molecule has 4 N–H and O–H groups in total. The highest BCUT2D eigenvalue weighted by Crippen LogP contribution is 2.24. The molecule has 0 bridgehead atoms. The van der Waals surface area contributed by atoms with Crippen LogP contribution in [0.15, 0.2) is 30.3 Å². The average molecular weight is 332 g/mol. The highest BCUT2D eigenvalue weighted by atomic mass is 35.5. The minimum Gasteiger partial charge on any atom is -0.322 e. The van der Waals surface area contributed by atoms with E-state index in [-0.39, 0.29) is 5.56 Å². The van der Waals surface area contributed by atoms with Gasteiger partial charge in [0, 0.05) is 21.3 Å². The van der Waals surface area contributed by atoms with E-state index in [9.17, 15) is 13.6 Å². The van der Waals surface area contributed by atoms with Crippen molar-refractivity contribution in [3.05, 3.63) is 57.6 Å². The van der Waals surface area contributed by atoms with Gasteiger partial charge in [-0.25, -0.2) is 8.78 Å². The number of nitrogen functional groups attached to an aromatic ring is 1. The molecule has 0 radical (unpaired) electrons. The fourth-order valence-electron chi connectivity index (χ4n) is 1.67. The Bertz CT molecular complexity index is 667. The molecule has 110 valence electrons. The lowest BCUT2D eigenvalue weighted by molar-refractivity contribution is 0.102. The van der Waals surface area contributed by atoms with Crippen molar-refractivity contribution in [2.75, 3.05) is 10.7 Å². The molecule has 0 saturated carbocycles. The topological polar surface area (TPSA) is 67.1 Å². The van der Waals surface area contributed by atoms with Crippen LogP contribution in [-0.4, -0.2) is 5.91 Å². The van der Waals surface area contributed by atoms with Crippen LogP contribution in [0.3, 0.4) is 0 Å². The van der Waals surface area contributed by atoms with E-state index in [0.29, 0.717) is 15.7 Å². The van der Waals surface area contributed by atoms with E-state index in [0.717, 1.165) is 12.1 Å². The predicted molar refractivity (Wildman–Crippen MR) is 78.6 cm³/mol. The molecular formula is C13H9Cl2F2N3O. The number of nitrogens with one attached hydrogen (secondary N) is 2. The van der Waals surface area contributed by atoms with Crippen LogP contribution in [0.2, 0.25) is 10.0 Å². The van der Waals surface area contributed by atoms with Crippen molar-refractivity contribution < 1.29 is 13.6 Å². The minimum absolute atomic E-state index is 0.208. The molecule has 0 aromatic heterocycles. The molecule has 0 atom stereocenters. The quantitative estimate of drug-likeness (QED) is 0.591. The molecule has 0 unspecified atom stereocenters. The summed E-state index contributed by atoms with van der Waals surface area (Å²) in [6, 6.07) is 6.11. The molecule has 8 heteroatoms. The molecule has 4 nitrogen and oxygen atoms in total. The second-order valence-corrected chi connectivity index (χ2v) is 4.94. The Morgan fingerprint density at radius 3 is 2.00 bits per heavy atom. The SMILES string of the molecule is NNc1c(F)cc(C(=O)Nc2cc(Cl)cc(Cl)c2)cc1F. The van der Waals surface area contributed by atoms with Crippen LogP contribution in [0.25, 0.3) is 0 Å². The summed E-state index contributed by atoms with van der Waals surface area (Å²) in [5, 5.41) is 3.07. The van der Waals surface area contributed by atoms with Crippen LogP contribution in [0.5, 0.6) is 0 Å². The first-order valence-corrected chi connectivity index (χ1v) is 6.39. The van der Waals surface area contributed by atoms with Gasteiger partial charge in [0.25, 0.3) is 5.91 Å². The zero-order valence-electron chi connectivity index (χ0n) is 10.4. The van der Waals surface area contributed by atoms with Gasteiger partial charge < -0.3 is 10.7 Å². The van der Waals surface area contributed by atoms with E-state index < -0.39 is 23.2 Å². The Balaban J connectivity index is 2.28. The van der Waals surface area contributed by atoms with Gasteiger partial charge in [-0.15, -0.1) is 0 Å². The maximum Gasteiger partial charge on any atom is 0.255 e. The third-order valence-electron chi connectivity index (χ3n) is 2.57. The van der Waals surface area contributed by atoms with E-state index in [4.69, 9.17) is 29.0 Å². The van der Waals surface area contributed by atoms with Gasteiger partial charge >= 0.3 is 0 Å². The van der Waals surface area contributed by atoms with E-state index in [1.807, 2.05) is 5.43 Å². The average Bonchev–Trinajstić information content (AvgIpc) is 2.36. The van der Waals surface area contributed by atoms with Crippen LogP contribution in [0, 0.1) is 11.6 Å². The summed E-state index contributed by atoms with van der Waals surface area (Å²) in [6.45, 7) is 0. The van der Waals surface area contributed by atoms with Crippen LogP contribution >= 0.6 is 23.2 Å². The number of carbonyl (C=O) groups is 1. The Kier molecular flexibility index (Phi) is 4.62. The fraction of sp³-hybridized carbons (Fsp3) is 0. The van der Waals surface area contributed by atoms with Crippen molar-refractivity contribution in [1.29, 1.82) is 0 Å². The molecule has 2 aromatic carbocycles. The van der Waals surface area contributed by atoms with Crippen molar-refractivity contribution in [3.63, 3.8) is 0 Å². The third-order valence-corrected chi connectivity index (χ3v) is 3.01. The molecule has 0 aliphatic rings. The van der Waals surface area contributed by atoms with Crippen molar-refractivity contribution in [2.24, 2.45) is 5.84 Å². The Labute approximate surface area is 128 Å². The standard InChI is InChI=1S/C13H9Cl2F2N3O/c14-7-3-8(15)5-9(4-7)19-13(21)6-1-10(16)12(20-18)11(17)2-6/h1-5,20H,18H2,(H,19,21). The molecule has 0 heterocycles. The van der Waals surface area contributed by atoms with Crippen LogP contribution in [0.1, 0.15) is 10.4 Å². The third kappa shape index (κ3) is 3.60. The van der Waals surface area contributed by atoms with E-state index in [1.54, 1.807) is 0 Å². The maximum absolute atomic E-state index is 13.5. The lowest BCUT2D eigenvalue weighted by atomic mass is 10.1. The fourth-order valence-corrected chi connectivity index (χ4v) is 2.20. The van der Waals surface area contributed by atoms with E-state index >= 15 is 0 Å². The molecule has 2 aromatic rings. The zero-order chi connectivity index (χ0) is 15.6. The number of hydrogen-bond acceptors (Lipinski definition) is 3. The highest BCUT2D eigenvalue weighted by molar-refractivity contribution is 6.35. The minimum atomic E-state index is -0.980. The number of rotatable bonds is 3. The van der Waals surface area contributed by atoms with Crippen LogP contribution in [0.4, 0.5) is 20.2 Å². The Morgan fingerprint density at radius 2 is 1.52 bits per heavy atom. The zero-order valence-corrected chi connectivity index (χ0v) is 11.9. The summed E-state index contributed by atoms with van der Waals surface area (Å²) >= 11 is 11.6. The lowest BCUT2D eigenvalue weighted by Crippen LogP contribution is -2.15. The molecule has 21 heavy (non-hydrogen) atoms. The summed E-state index contributed by atoms with van der Waals surface area (Å²) in [7, 11) is 0. The van der Waals surface area contributed by atoms with Crippen molar-refractivity contribution in [2.45, 2.75) is 0 Å². The second kappa shape index (κ2) is 6.26. The van der Waals surface area contributed by atoms with Gasteiger partial charge in [0.05, 0.1) is 0 Å². The largest absolute Gasteiger partial charge is 0.322 e. The summed E-state index contributed by atoms with van der Waals surface area (Å²) in [5.74, 6) is 2.30. The van der Waals surface area contributed by atoms with E-state index in [1.165, 1.54) is 18.2 Å². The molecule has 2 rings (SSSR count). The number of hydrazine groups is 1. The van der Waals surface area contributed by atoms with Gasteiger partial charge in [-0.1, -0.05) is 23.2 Å². The number of benzene rings is 2. The van der Waals surface area contributed by atoms with Gasteiger partial charge in [0.15, 0.2) is 11.6 Å². The summed E-state index contributed by atoms with van der Waals surface area (Å²) in [5.41, 5.74) is 1.46. The number of halogens is 4. The van der Waals surface area contributed by atoms with Gasteiger partial charge in [-0.05, 0) is 30.3 Å². The van der Waals surface area contributed by atoms with Crippen LogP contribution in [-0.2, 0) is 0 Å². The van der Waals surface area contributed by atoms with E-state index in [2.05, 4.69) is 5.32 Å². The lowest BCUT2D eigenvalue weighted by Gasteiger charge is -2.09. The van der Waals surface area contributed by atoms with Gasteiger partial charge in [0.1, 0.15) is 5.69 Å². The van der Waals surface area contributed by atoms with Crippen LogP contribution < -0.4 is 16.6 Å². The second-order valence-electron chi connectivity index (χ2n) is 4.07. The van der Waals surface area contributed by atoms with Crippen molar-refractivity contribution in [3.8, 4) is 0 Å². The molecule has 0 aliphatic heterocycles. The summed E-state index contributed by atoms with van der Waals surface area (Å²) < 4.78 is 27.1.